The number of aromatic hydroxyl groups is 4. The fourth-order valence-corrected chi connectivity index (χ4v) is 3.00. The van der Waals surface area contributed by atoms with E-state index in [0.717, 1.165) is 29.8 Å². The van der Waals surface area contributed by atoms with Crippen molar-refractivity contribution in [1.29, 1.82) is 0 Å². The molecule has 0 aliphatic heterocycles. The minimum absolute atomic E-state index is 0.00257. The Kier molecular flexibility index (Phi) is 9.01. The Morgan fingerprint density at radius 1 is 0.737 bits per heavy atom. The number of ether oxygens (including phenoxy) is 1. The average Bonchev–Trinajstić information content (AvgIpc) is 3.37. The number of aromatic nitrogens is 2. The van der Waals surface area contributed by atoms with Gasteiger partial charge in [0, 0.05) is 37.2 Å². The van der Waals surface area contributed by atoms with Crippen LogP contribution in [0.2, 0.25) is 0 Å². The molecule has 2 amide bonds. The van der Waals surface area contributed by atoms with Crippen molar-refractivity contribution in [2.75, 3.05) is 19.6 Å². The van der Waals surface area contributed by atoms with Crippen LogP contribution < -0.4 is 15.0 Å². The number of carbonyl (C=O) groups is 4. The van der Waals surface area contributed by atoms with Crippen molar-refractivity contribution in [3.05, 3.63) is 60.2 Å². The molecule has 0 bridgehead atoms. The molecule has 15 heteroatoms. The predicted molar refractivity (Wildman–Crippen MR) is 125 cm³/mol. The van der Waals surface area contributed by atoms with E-state index in [4.69, 9.17) is 14.4 Å². The molecule has 38 heavy (non-hydrogen) atoms. The van der Waals surface area contributed by atoms with Crippen LogP contribution in [0.5, 0.6) is 23.5 Å². The van der Waals surface area contributed by atoms with Crippen molar-refractivity contribution >= 4 is 23.9 Å². The van der Waals surface area contributed by atoms with Crippen LogP contribution in [-0.2, 0) is 25.7 Å². The second-order valence-corrected chi connectivity index (χ2v) is 7.60. The highest BCUT2D eigenvalue weighted by Gasteiger charge is 2.25. The summed E-state index contributed by atoms with van der Waals surface area (Å²) in [5.74, 6) is -5.54. The molecule has 2 aromatic heterocycles. The minimum Gasteiger partial charge on any atom is -0.492 e. The fourth-order valence-electron chi connectivity index (χ4n) is 3.00. The van der Waals surface area contributed by atoms with E-state index in [1.807, 2.05) is 0 Å². The van der Waals surface area contributed by atoms with Crippen LogP contribution in [0.4, 0.5) is 4.79 Å². The number of benzene rings is 1. The Morgan fingerprint density at radius 3 is 1.68 bits per heavy atom. The number of nitrogens with one attached hydrogen (secondary N) is 1. The minimum atomic E-state index is -1.16. The van der Waals surface area contributed by atoms with Gasteiger partial charge in [0.15, 0.2) is 0 Å². The molecule has 15 nitrogen and oxygen atoms in total. The maximum absolute atomic E-state index is 12.8. The Balaban J connectivity index is 1.58. The summed E-state index contributed by atoms with van der Waals surface area (Å²) >= 11 is 0. The summed E-state index contributed by atoms with van der Waals surface area (Å²) in [6.07, 6.45) is -1.18. The van der Waals surface area contributed by atoms with Crippen LogP contribution in [0.1, 0.15) is 12.0 Å². The maximum atomic E-state index is 12.8. The topological polar surface area (TPSA) is 202 Å². The number of hydrogen-bond acceptors (Lipinski definition) is 11. The van der Waals surface area contributed by atoms with E-state index in [1.165, 1.54) is 0 Å². The molecule has 0 unspecified atom stereocenters. The summed E-state index contributed by atoms with van der Waals surface area (Å²) in [5.41, 5.74) is 0.751. The zero-order chi connectivity index (χ0) is 27.7. The molecule has 202 valence electrons. The molecule has 2 heterocycles. The van der Waals surface area contributed by atoms with Crippen molar-refractivity contribution in [2.45, 2.75) is 13.0 Å². The standard InChI is InChI=1S/C23H24N4O11/c28-16(10-11-24-23(35)36-14-15-4-2-1-3-5-15)25(12-21(33)37-26-17(29)6-7-18(26)30)13-22(34)38-27-19(31)8-9-20(27)32/h1-9,29-32H,10-14H2,(H,24,35). The molecule has 0 saturated carbocycles. The van der Waals surface area contributed by atoms with Crippen LogP contribution in [0.15, 0.2) is 54.6 Å². The highest BCUT2D eigenvalue weighted by atomic mass is 16.7. The van der Waals surface area contributed by atoms with E-state index in [-0.39, 0.29) is 19.6 Å². The summed E-state index contributed by atoms with van der Waals surface area (Å²) in [6.45, 7) is -1.89. The highest BCUT2D eigenvalue weighted by molar-refractivity contribution is 5.86. The summed E-state index contributed by atoms with van der Waals surface area (Å²) in [4.78, 5) is 59.7. The smallest absolute Gasteiger partial charge is 0.407 e. The van der Waals surface area contributed by atoms with E-state index in [2.05, 4.69) is 5.32 Å². The van der Waals surface area contributed by atoms with Gasteiger partial charge in [-0.3, -0.25) is 4.79 Å². The van der Waals surface area contributed by atoms with Gasteiger partial charge in [0.05, 0.1) is 0 Å². The highest BCUT2D eigenvalue weighted by Crippen LogP contribution is 2.19. The zero-order valence-electron chi connectivity index (χ0n) is 19.7. The average molecular weight is 532 g/mol. The van der Waals surface area contributed by atoms with Gasteiger partial charge in [-0.25, -0.2) is 14.4 Å². The Bertz CT molecular complexity index is 1180. The molecule has 3 aromatic rings. The Morgan fingerprint density at radius 2 is 1.21 bits per heavy atom. The van der Waals surface area contributed by atoms with E-state index in [9.17, 15) is 39.6 Å². The molecule has 0 aliphatic rings. The summed E-state index contributed by atoms with van der Waals surface area (Å²) in [5, 5.41) is 40.8. The van der Waals surface area contributed by atoms with Gasteiger partial charge in [0.25, 0.3) is 0 Å². The van der Waals surface area contributed by atoms with Crippen molar-refractivity contribution < 1.29 is 54.0 Å². The normalized spacial score (nSPS) is 10.4. The maximum Gasteiger partial charge on any atom is 0.407 e. The summed E-state index contributed by atoms with van der Waals surface area (Å²) in [7, 11) is 0. The molecule has 0 atom stereocenters. The number of amides is 2. The third kappa shape index (κ3) is 7.58. The van der Waals surface area contributed by atoms with Gasteiger partial charge in [-0.1, -0.05) is 30.3 Å². The summed E-state index contributed by atoms with van der Waals surface area (Å²) < 4.78 is 5.82. The van der Waals surface area contributed by atoms with Gasteiger partial charge in [0.1, 0.15) is 19.7 Å². The summed E-state index contributed by atoms with van der Waals surface area (Å²) in [6, 6.07) is 13.0. The lowest BCUT2D eigenvalue weighted by molar-refractivity contribution is -0.155. The van der Waals surface area contributed by atoms with Gasteiger partial charge in [-0.2, -0.15) is 0 Å². The third-order valence-electron chi connectivity index (χ3n) is 4.80. The molecular weight excluding hydrogens is 508 g/mol. The molecule has 1 aromatic carbocycles. The quantitative estimate of drug-likeness (QED) is 0.220. The SMILES string of the molecule is O=C(CN(CC(=O)On1c(O)ccc1O)C(=O)CCNC(=O)OCc1ccccc1)On1c(O)ccc1O. The molecular formula is C23H24N4O11. The van der Waals surface area contributed by atoms with Crippen LogP contribution in [-0.4, -0.2) is 78.4 Å². The third-order valence-corrected chi connectivity index (χ3v) is 4.80. The van der Waals surface area contributed by atoms with Gasteiger partial charge >= 0.3 is 18.0 Å². The first-order valence-corrected chi connectivity index (χ1v) is 11.0. The number of rotatable bonds is 11. The van der Waals surface area contributed by atoms with E-state index in [0.29, 0.717) is 14.4 Å². The van der Waals surface area contributed by atoms with Gasteiger partial charge in [0.2, 0.25) is 29.4 Å². The zero-order valence-corrected chi connectivity index (χ0v) is 19.7. The van der Waals surface area contributed by atoms with Crippen LogP contribution >= 0.6 is 0 Å². The van der Waals surface area contributed by atoms with E-state index >= 15 is 0 Å². The molecule has 5 N–H and O–H groups in total. The Hall–Kier alpha value is -5.34. The first-order valence-electron chi connectivity index (χ1n) is 11.0. The fraction of sp³-hybridized carbons (Fsp3) is 0.217. The molecule has 0 spiro atoms. The van der Waals surface area contributed by atoms with Crippen molar-refractivity contribution in [3.8, 4) is 23.5 Å². The largest absolute Gasteiger partial charge is 0.492 e. The lowest BCUT2D eigenvalue weighted by Gasteiger charge is -2.21. The number of hydrogen-bond donors (Lipinski definition) is 5. The molecule has 0 saturated heterocycles. The molecule has 0 radical (unpaired) electrons. The molecule has 0 aliphatic carbocycles. The second kappa shape index (κ2) is 12.6. The van der Waals surface area contributed by atoms with E-state index in [1.54, 1.807) is 30.3 Å². The van der Waals surface area contributed by atoms with Gasteiger partial charge in [-0.05, 0) is 5.56 Å². The first-order chi connectivity index (χ1) is 18.1. The predicted octanol–water partition coefficient (Wildman–Crippen LogP) is -0.132. The molecule has 0 fully saturated rings. The Labute approximate surface area is 214 Å². The van der Waals surface area contributed by atoms with Crippen LogP contribution in [0.25, 0.3) is 0 Å². The number of alkyl carbamates (subject to hydrolysis) is 1. The van der Waals surface area contributed by atoms with Crippen molar-refractivity contribution in [1.82, 2.24) is 19.7 Å². The number of carbonyl (C=O) groups excluding carboxylic acids is 4. The monoisotopic (exact) mass is 532 g/mol. The molecule has 3 rings (SSSR count). The van der Waals surface area contributed by atoms with Crippen LogP contribution in [0.3, 0.4) is 0 Å². The van der Waals surface area contributed by atoms with Crippen molar-refractivity contribution in [2.24, 2.45) is 0 Å². The lowest BCUT2D eigenvalue weighted by atomic mass is 10.2. The number of nitrogens with zero attached hydrogens (tertiary/aromatic N) is 3. The van der Waals surface area contributed by atoms with Crippen LogP contribution in [0, 0.1) is 0 Å². The van der Waals surface area contributed by atoms with Gasteiger partial charge in [-0.15, -0.1) is 9.46 Å². The van der Waals surface area contributed by atoms with E-state index < -0.39 is 60.5 Å². The lowest BCUT2D eigenvalue weighted by Crippen LogP contribution is -2.44. The first kappa shape index (κ1) is 27.3. The second-order valence-electron chi connectivity index (χ2n) is 7.60. The van der Waals surface area contributed by atoms with Gasteiger partial charge < -0.3 is 45.1 Å². The van der Waals surface area contributed by atoms with Crippen molar-refractivity contribution in [3.63, 3.8) is 0 Å².